The van der Waals surface area contributed by atoms with E-state index in [2.05, 4.69) is 99.0 Å². The second kappa shape index (κ2) is 48.3. The maximum Gasteiger partial charge on any atom is 0.306 e. The molecule has 0 aromatic carbocycles. The highest BCUT2D eigenvalue weighted by Gasteiger charge is 2.24. The summed E-state index contributed by atoms with van der Waals surface area (Å²) in [7, 11) is 0. The fourth-order valence-corrected chi connectivity index (χ4v) is 7.35. The number of aliphatic hydroxyl groups is 2. The maximum absolute atomic E-state index is 13.2. The summed E-state index contributed by atoms with van der Waals surface area (Å²) in [4.78, 5) is 26.1. The van der Waals surface area contributed by atoms with Gasteiger partial charge in [-0.15, -0.1) is 0 Å². The second-order valence-corrected chi connectivity index (χ2v) is 17.2. The van der Waals surface area contributed by atoms with Gasteiger partial charge in [-0.3, -0.25) is 9.59 Å². The first-order valence-corrected chi connectivity index (χ1v) is 25.7. The van der Waals surface area contributed by atoms with E-state index in [-0.39, 0.29) is 24.9 Å². The lowest BCUT2D eigenvalue weighted by Crippen LogP contribution is -2.46. The van der Waals surface area contributed by atoms with Crippen LogP contribution in [0.15, 0.2) is 72.9 Å². The van der Waals surface area contributed by atoms with Crippen molar-refractivity contribution >= 4 is 11.9 Å². The molecule has 0 aliphatic carbocycles. The number of amides is 1. The molecule has 1 amide bonds. The van der Waals surface area contributed by atoms with Crippen LogP contribution in [0.25, 0.3) is 0 Å². The number of nitrogens with one attached hydrogen (secondary N) is 1. The largest absolute Gasteiger partial charge is 0.462 e. The Morgan fingerprint density at radius 3 is 1.43 bits per heavy atom. The van der Waals surface area contributed by atoms with Crippen LogP contribution in [-0.2, 0) is 14.3 Å². The minimum Gasteiger partial charge on any atom is -0.462 e. The summed E-state index contributed by atoms with van der Waals surface area (Å²) in [5.41, 5.74) is 0. The molecule has 0 saturated heterocycles. The number of hydrogen-bond donors (Lipinski definition) is 3. The van der Waals surface area contributed by atoms with Crippen molar-refractivity contribution in [3.05, 3.63) is 72.9 Å². The molecule has 6 heteroatoms. The quantitative estimate of drug-likeness (QED) is 0.0245. The second-order valence-electron chi connectivity index (χ2n) is 17.2. The zero-order valence-corrected chi connectivity index (χ0v) is 40.0. The third-order valence-electron chi connectivity index (χ3n) is 11.3. The fourth-order valence-electron chi connectivity index (χ4n) is 7.35. The number of esters is 1. The lowest BCUT2D eigenvalue weighted by atomic mass is 10.0. The number of rotatable bonds is 45. The van der Waals surface area contributed by atoms with Gasteiger partial charge in [-0.25, -0.2) is 0 Å². The van der Waals surface area contributed by atoms with Crippen LogP contribution in [0.4, 0.5) is 0 Å². The maximum atomic E-state index is 13.2. The minimum atomic E-state index is -0.808. The molecule has 0 radical (unpaired) electrons. The van der Waals surface area contributed by atoms with Gasteiger partial charge < -0.3 is 20.3 Å². The van der Waals surface area contributed by atoms with E-state index in [1.54, 1.807) is 0 Å². The third kappa shape index (κ3) is 43.7. The summed E-state index contributed by atoms with van der Waals surface area (Å²) >= 11 is 0. The van der Waals surface area contributed by atoms with Gasteiger partial charge in [0.25, 0.3) is 0 Å². The van der Waals surface area contributed by atoms with E-state index in [0.717, 1.165) is 83.5 Å². The molecule has 3 N–H and O–H groups in total. The Bertz CT molecular complexity index is 1140. The lowest BCUT2D eigenvalue weighted by Gasteiger charge is -2.24. The van der Waals surface area contributed by atoms with Crippen molar-refractivity contribution in [3.63, 3.8) is 0 Å². The van der Waals surface area contributed by atoms with Gasteiger partial charge >= 0.3 is 5.97 Å². The first kappa shape index (κ1) is 58.3. The molecule has 0 fully saturated rings. The first-order chi connectivity index (χ1) is 30.0. The molecule has 0 spiro atoms. The molecule has 352 valence electrons. The van der Waals surface area contributed by atoms with E-state index in [0.29, 0.717) is 19.3 Å². The van der Waals surface area contributed by atoms with Crippen molar-refractivity contribution in [2.45, 2.75) is 257 Å². The highest BCUT2D eigenvalue weighted by atomic mass is 16.5. The Morgan fingerprint density at radius 1 is 0.492 bits per heavy atom. The molecule has 6 nitrogen and oxygen atoms in total. The zero-order valence-electron chi connectivity index (χ0n) is 40.0. The SMILES string of the molecule is CCCCC/C=C\C/C=C\C/C=C\C/C=C\CCCC(CC(=O)NC(CO)C(O)CCCCCCCCCCC)OC(=O)CCCCC/C=C/C=C/CCCCCCCCC. The van der Waals surface area contributed by atoms with Crippen molar-refractivity contribution in [3.8, 4) is 0 Å². The molecule has 0 aromatic rings. The van der Waals surface area contributed by atoms with Gasteiger partial charge in [-0.2, -0.15) is 0 Å². The van der Waals surface area contributed by atoms with Crippen molar-refractivity contribution < 1.29 is 24.5 Å². The molecule has 0 aliphatic rings. The number of aliphatic hydroxyl groups excluding tert-OH is 2. The Hall–Kier alpha value is -2.70. The third-order valence-corrected chi connectivity index (χ3v) is 11.3. The van der Waals surface area contributed by atoms with Crippen LogP contribution >= 0.6 is 0 Å². The molecule has 3 atom stereocenters. The predicted octanol–water partition coefficient (Wildman–Crippen LogP) is 15.4. The van der Waals surface area contributed by atoms with E-state index < -0.39 is 18.2 Å². The van der Waals surface area contributed by atoms with Gasteiger partial charge in [0.2, 0.25) is 5.91 Å². The predicted molar refractivity (Wildman–Crippen MR) is 264 cm³/mol. The number of unbranched alkanes of at least 4 members (excludes halogenated alkanes) is 22. The highest BCUT2D eigenvalue weighted by molar-refractivity contribution is 5.77. The molecule has 0 saturated carbocycles. The minimum absolute atomic E-state index is 0.0267. The molecule has 61 heavy (non-hydrogen) atoms. The first-order valence-electron chi connectivity index (χ1n) is 25.7. The fraction of sp³-hybridized carbons (Fsp3) is 0.745. The van der Waals surface area contributed by atoms with E-state index in [1.165, 1.54) is 109 Å². The molecule has 0 aromatic heterocycles. The van der Waals surface area contributed by atoms with Crippen molar-refractivity contribution in [2.24, 2.45) is 0 Å². The zero-order chi connectivity index (χ0) is 44.5. The highest BCUT2D eigenvalue weighted by Crippen LogP contribution is 2.16. The van der Waals surface area contributed by atoms with E-state index >= 15 is 0 Å². The molecule has 0 heterocycles. The number of carbonyl (C=O) groups is 2. The Morgan fingerprint density at radius 2 is 0.902 bits per heavy atom. The standard InChI is InChI=1S/C55H97NO5/c1-4-7-10-13-16-19-21-23-25-27-28-30-32-35-37-40-43-46-51(49-54(59)56-52(50-57)53(58)47-44-41-38-34-18-15-12-9-6-3)61-55(60)48-45-42-39-36-33-31-29-26-24-22-20-17-14-11-8-5-2/h16,19,23,25-26,28-31,33,35,37,51-53,57-58H,4-15,17-18,20-22,24,27,32,34,36,38-50H2,1-3H3,(H,56,59)/b19-16-,25-23-,29-26+,30-28-,33-31+,37-35-. The number of allylic oxidation sites excluding steroid dienone is 12. The molecule has 0 rings (SSSR count). The Kier molecular flexibility index (Phi) is 46.2. The molecule has 0 bridgehead atoms. The average Bonchev–Trinajstić information content (AvgIpc) is 3.25. The van der Waals surface area contributed by atoms with E-state index in [4.69, 9.17) is 4.74 Å². The van der Waals surface area contributed by atoms with Gasteiger partial charge in [0, 0.05) is 6.42 Å². The lowest BCUT2D eigenvalue weighted by molar-refractivity contribution is -0.151. The smallest absolute Gasteiger partial charge is 0.306 e. The van der Waals surface area contributed by atoms with E-state index in [9.17, 15) is 19.8 Å². The summed E-state index contributed by atoms with van der Waals surface area (Å²) in [6.07, 6.45) is 61.1. The normalized spacial score (nSPS) is 13.9. The number of ether oxygens (including phenoxy) is 1. The Labute approximate surface area is 377 Å². The summed E-state index contributed by atoms with van der Waals surface area (Å²) in [5, 5.41) is 23.6. The van der Waals surface area contributed by atoms with Crippen LogP contribution in [0.3, 0.4) is 0 Å². The monoisotopic (exact) mass is 852 g/mol. The van der Waals surface area contributed by atoms with Gasteiger partial charge in [-0.1, -0.05) is 209 Å². The molecular weight excluding hydrogens is 755 g/mol. The summed E-state index contributed by atoms with van der Waals surface area (Å²) in [6, 6.07) is -0.726. The van der Waals surface area contributed by atoms with Crippen molar-refractivity contribution in [1.29, 1.82) is 0 Å². The van der Waals surface area contributed by atoms with Crippen LogP contribution in [0.1, 0.15) is 239 Å². The summed E-state index contributed by atoms with van der Waals surface area (Å²) < 4.78 is 5.89. The number of hydrogen-bond acceptors (Lipinski definition) is 5. The topological polar surface area (TPSA) is 95.9 Å². The van der Waals surface area contributed by atoms with Crippen LogP contribution in [-0.4, -0.2) is 46.9 Å². The van der Waals surface area contributed by atoms with Gasteiger partial charge in [0.1, 0.15) is 6.10 Å². The van der Waals surface area contributed by atoms with Crippen LogP contribution in [0.2, 0.25) is 0 Å². The van der Waals surface area contributed by atoms with Crippen LogP contribution < -0.4 is 5.32 Å². The van der Waals surface area contributed by atoms with Gasteiger partial charge in [0.05, 0.1) is 25.2 Å². The number of carbonyl (C=O) groups excluding carboxylic acids is 2. The van der Waals surface area contributed by atoms with Gasteiger partial charge in [0.15, 0.2) is 0 Å². The Balaban J connectivity index is 4.74. The molecule has 3 unspecified atom stereocenters. The van der Waals surface area contributed by atoms with Crippen LogP contribution in [0.5, 0.6) is 0 Å². The molecule has 0 aliphatic heterocycles. The van der Waals surface area contributed by atoms with Crippen LogP contribution in [0, 0.1) is 0 Å². The van der Waals surface area contributed by atoms with Gasteiger partial charge in [-0.05, 0) is 89.9 Å². The van der Waals surface area contributed by atoms with E-state index in [1.807, 2.05) is 0 Å². The molecular formula is C55H97NO5. The van der Waals surface area contributed by atoms with Crippen molar-refractivity contribution in [2.75, 3.05) is 6.61 Å². The summed E-state index contributed by atoms with van der Waals surface area (Å²) in [6.45, 7) is 6.40. The van der Waals surface area contributed by atoms with Crippen molar-refractivity contribution in [1.82, 2.24) is 5.32 Å². The average molecular weight is 852 g/mol. The summed E-state index contributed by atoms with van der Waals surface area (Å²) in [5.74, 6) is -0.563.